The molecule has 3 nitrogen and oxygen atoms in total. The summed E-state index contributed by atoms with van der Waals surface area (Å²) in [5.41, 5.74) is 3.59. The second-order valence-electron chi connectivity index (χ2n) is 26.0. The Morgan fingerprint density at radius 2 is 0.667 bits per heavy atom. The van der Waals surface area contributed by atoms with Crippen molar-refractivity contribution in [2.75, 3.05) is 21.3 Å². The Labute approximate surface area is 432 Å². The van der Waals surface area contributed by atoms with Crippen LogP contribution < -0.4 is 14.2 Å². The van der Waals surface area contributed by atoms with Crippen molar-refractivity contribution >= 4 is 0 Å². The van der Waals surface area contributed by atoms with E-state index in [1.807, 2.05) is 133 Å². The molecule has 0 bridgehead atoms. The molecule has 0 aromatic heterocycles. The largest absolute Gasteiger partial charge is 0.497 e. The molecule has 0 amide bonds. The van der Waals surface area contributed by atoms with Gasteiger partial charge < -0.3 is 14.2 Å². The molecule has 0 spiro atoms. The van der Waals surface area contributed by atoms with Gasteiger partial charge in [-0.3, -0.25) is 0 Å². The van der Waals surface area contributed by atoms with Crippen LogP contribution in [0.4, 0.5) is 0 Å². The minimum atomic E-state index is 0.397. The molecule has 0 N–H and O–H groups in total. The highest BCUT2D eigenvalue weighted by Crippen LogP contribution is 2.56. The van der Waals surface area contributed by atoms with Crippen molar-refractivity contribution in [2.24, 2.45) is 55.2 Å². The quantitative estimate of drug-likeness (QED) is 0.161. The van der Waals surface area contributed by atoms with Gasteiger partial charge in [-0.1, -0.05) is 207 Å². The molecule has 3 aromatic carbocycles. The molecule has 0 atom stereocenters. The molecule has 0 radical (unpaired) electrons. The van der Waals surface area contributed by atoms with E-state index >= 15 is 0 Å². The first-order chi connectivity index (χ1) is 32.0. The van der Waals surface area contributed by atoms with Crippen LogP contribution in [0.15, 0.2) is 91.0 Å². The highest BCUT2D eigenvalue weighted by Gasteiger charge is 2.45. The van der Waals surface area contributed by atoms with Crippen molar-refractivity contribution in [3.63, 3.8) is 0 Å². The molecule has 2 aliphatic rings. The second kappa shape index (κ2) is 32.2. The summed E-state index contributed by atoms with van der Waals surface area (Å²) in [6.07, 6.45) is 18.2. The molecular weight excluding hydrogens is 841 g/mol. The van der Waals surface area contributed by atoms with E-state index in [4.69, 9.17) is 14.2 Å². The van der Waals surface area contributed by atoms with Gasteiger partial charge >= 0.3 is 0 Å². The van der Waals surface area contributed by atoms with Crippen molar-refractivity contribution in [3.8, 4) is 17.2 Å². The van der Waals surface area contributed by atoms with Crippen molar-refractivity contribution in [1.82, 2.24) is 0 Å². The monoisotopic (exact) mass is 959 g/mol. The fourth-order valence-corrected chi connectivity index (χ4v) is 13.0. The zero-order valence-electron chi connectivity index (χ0n) is 50.7. The molecule has 0 unspecified atom stereocenters. The zero-order valence-corrected chi connectivity index (χ0v) is 50.7. The van der Waals surface area contributed by atoms with Crippen molar-refractivity contribution in [1.29, 1.82) is 0 Å². The Morgan fingerprint density at radius 3 is 0.928 bits per heavy atom. The van der Waals surface area contributed by atoms with Crippen LogP contribution in [0.25, 0.3) is 0 Å². The normalized spacial score (nSPS) is 18.3. The molecule has 0 aliphatic heterocycles. The first-order valence-electron chi connectivity index (χ1n) is 27.7. The van der Waals surface area contributed by atoms with Crippen LogP contribution in [-0.4, -0.2) is 21.3 Å². The Bertz CT molecular complexity index is 1550. The summed E-state index contributed by atoms with van der Waals surface area (Å²) in [5.74, 6) is 4.51. The van der Waals surface area contributed by atoms with Gasteiger partial charge in [-0.15, -0.1) is 0 Å². The van der Waals surface area contributed by atoms with E-state index in [1.54, 1.807) is 21.3 Å². The molecule has 3 heteroatoms. The maximum Gasteiger partial charge on any atom is 0.118 e. The SMILES string of the molecule is CC.CC.CC.CC(C)(C)CC(C)(C)CC(C)(C)C1CCC(C)(CC(C)(C)CC(C)(C)CC(C)(C)C2CCC(C)(C)CC2)CC1.COc1ccccc1.COc1ccccc1.COc1ccccc1. The Morgan fingerprint density at radius 1 is 0.391 bits per heavy atom. The molecule has 5 rings (SSSR count). The summed E-state index contributed by atoms with van der Waals surface area (Å²) in [7, 11) is 4.99. The van der Waals surface area contributed by atoms with Crippen LogP contribution in [0.1, 0.15) is 236 Å². The number of rotatable bonds is 14. The smallest absolute Gasteiger partial charge is 0.118 e. The lowest BCUT2D eigenvalue weighted by Gasteiger charge is -2.50. The lowest BCUT2D eigenvalue weighted by Crippen LogP contribution is -2.39. The third kappa shape index (κ3) is 29.9. The van der Waals surface area contributed by atoms with Gasteiger partial charge in [0.25, 0.3) is 0 Å². The van der Waals surface area contributed by atoms with Gasteiger partial charge in [0.15, 0.2) is 0 Å². The second-order valence-corrected chi connectivity index (χ2v) is 26.0. The number of para-hydroxylation sites is 3. The van der Waals surface area contributed by atoms with Gasteiger partial charge in [-0.05, 0) is 175 Å². The van der Waals surface area contributed by atoms with Crippen molar-refractivity contribution < 1.29 is 14.2 Å². The average molecular weight is 960 g/mol. The third-order valence-electron chi connectivity index (χ3n) is 14.4. The average Bonchev–Trinajstić information content (AvgIpc) is 3.27. The predicted molar refractivity (Wildman–Crippen MR) is 310 cm³/mol. The summed E-state index contributed by atoms with van der Waals surface area (Å²) in [6.45, 7) is 52.6. The van der Waals surface area contributed by atoms with Crippen LogP contribution in [0, 0.1) is 55.2 Å². The first-order valence-corrected chi connectivity index (χ1v) is 27.7. The van der Waals surface area contributed by atoms with Gasteiger partial charge in [0.1, 0.15) is 17.2 Å². The molecular formula is C66H118O3. The molecule has 69 heavy (non-hydrogen) atoms. The molecule has 3 aromatic rings. The van der Waals surface area contributed by atoms with E-state index in [9.17, 15) is 0 Å². The van der Waals surface area contributed by atoms with E-state index in [2.05, 4.69) is 111 Å². The lowest BCUT2D eigenvalue weighted by atomic mass is 9.55. The maximum atomic E-state index is 4.91. The van der Waals surface area contributed by atoms with Gasteiger partial charge in [0.05, 0.1) is 21.3 Å². The summed E-state index contributed by atoms with van der Waals surface area (Å²) in [6, 6.07) is 29.0. The van der Waals surface area contributed by atoms with Gasteiger partial charge in [-0.25, -0.2) is 0 Å². The highest BCUT2D eigenvalue weighted by molar-refractivity contribution is 5.21. The summed E-state index contributed by atoms with van der Waals surface area (Å²) in [4.78, 5) is 0. The number of methoxy groups -OCH3 is 3. The van der Waals surface area contributed by atoms with Gasteiger partial charge in [-0.2, -0.15) is 0 Å². The van der Waals surface area contributed by atoms with Crippen LogP contribution in [0.2, 0.25) is 0 Å². The minimum Gasteiger partial charge on any atom is -0.497 e. The number of benzene rings is 3. The zero-order chi connectivity index (χ0) is 53.8. The van der Waals surface area contributed by atoms with Crippen LogP contribution in [-0.2, 0) is 0 Å². The summed E-state index contributed by atoms with van der Waals surface area (Å²) >= 11 is 0. The summed E-state index contributed by atoms with van der Waals surface area (Å²) in [5, 5.41) is 0. The fraction of sp³-hybridized carbons (Fsp3) is 0.727. The van der Waals surface area contributed by atoms with Crippen LogP contribution in [0.5, 0.6) is 17.2 Å². The summed E-state index contributed by atoms with van der Waals surface area (Å²) < 4.78 is 14.7. The molecule has 0 heterocycles. The highest BCUT2D eigenvalue weighted by atomic mass is 16.5. The molecule has 2 fully saturated rings. The first kappa shape index (κ1) is 68.1. The van der Waals surface area contributed by atoms with E-state index < -0.39 is 0 Å². The predicted octanol–water partition coefficient (Wildman–Crippen LogP) is 21.7. The molecule has 2 saturated carbocycles. The van der Waals surface area contributed by atoms with E-state index in [0.717, 1.165) is 29.1 Å². The number of hydrogen-bond acceptors (Lipinski definition) is 3. The maximum absolute atomic E-state index is 4.91. The Balaban J connectivity index is 0. The topological polar surface area (TPSA) is 27.7 Å². The standard InChI is InChI=1S/C39H76.3C7H8O.3C2H6/c1-32(2,3)25-34(6,7)27-37(12,13)31-19-23-39(16,24-20-31)29-36(10,11)26-35(8,9)28-38(14,15)30-17-21-33(4,5)22-18-30;3*1-8-7-5-3-2-4-6-7;3*1-2/h30-31H,17-29H2,1-16H3;3*2-6H,1H3;3*1-2H3. The van der Waals surface area contributed by atoms with Gasteiger partial charge in [0.2, 0.25) is 0 Å². The van der Waals surface area contributed by atoms with Gasteiger partial charge in [0, 0.05) is 0 Å². The van der Waals surface area contributed by atoms with Crippen molar-refractivity contribution in [3.05, 3.63) is 91.0 Å². The minimum absolute atomic E-state index is 0.397. The number of ether oxygens (including phenoxy) is 3. The van der Waals surface area contributed by atoms with E-state index in [0.29, 0.717) is 43.3 Å². The van der Waals surface area contributed by atoms with E-state index in [1.165, 1.54) is 83.5 Å². The van der Waals surface area contributed by atoms with Crippen molar-refractivity contribution in [2.45, 2.75) is 236 Å². The molecule has 2 aliphatic carbocycles. The molecule has 0 saturated heterocycles. The Kier molecular flexibility index (Phi) is 31.8. The van der Waals surface area contributed by atoms with Crippen LogP contribution in [0.3, 0.4) is 0 Å². The third-order valence-corrected chi connectivity index (χ3v) is 14.4. The number of hydrogen-bond donors (Lipinski definition) is 0. The fourth-order valence-electron chi connectivity index (χ4n) is 13.0. The van der Waals surface area contributed by atoms with Crippen LogP contribution >= 0.6 is 0 Å². The Hall–Kier alpha value is -2.94. The lowest BCUT2D eigenvalue weighted by molar-refractivity contribution is 0.00845. The molecule has 400 valence electrons. The van der Waals surface area contributed by atoms with E-state index in [-0.39, 0.29) is 0 Å².